The predicted octanol–water partition coefficient (Wildman–Crippen LogP) is 0.443. The minimum Gasteiger partial charge on any atom is -0.391 e. The van der Waals surface area contributed by atoms with Crippen molar-refractivity contribution in [3.63, 3.8) is 0 Å². The van der Waals surface area contributed by atoms with Crippen molar-refractivity contribution in [2.75, 3.05) is 13.2 Å². The summed E-state index contributed by atoms with van der Waals surface area (Å²) < 4.78 is 5.21. The van der Waals surface area contributed by atoms with Crippen molar-refractivity contribution in [2.24, 2.45) is 0 Å². The van der Waals surface area contributed by atoms with Crippen molar-refractivity contribution in [3.8, 4) is 0 Å². The number of hydrogen-bond acceptors (Lipinski definition) is 3. The molecule has 2 N–H and O–H groups in total. The monoisotopic (exact) mass is 201 g/mol. The first-order chi connectivity index (χ1) is 6.74. The van der Waals surface area contributed by atoms with Gasteiger partial charge < -0.3 is 15.2 Å². The van der Waals surface area contributed by atoms with Gasteiger partial charge in [0.25, 0.3) is 0 Å². The number of aliphatic hydroxyl groups is 1. The van der Waals surface area contributed by atoms with Crippen LogP contribution in [0.4, 0.5) is 0 Å². The molecule has 0 aromatic rings. The van der Waals surface area contributed by atoms with Crippen LogP contribution >= 0.6 is 0 Å². The second-order valence-corrected chi connectivity index (χ2v) is 3.69. The Morgan fingerprint density at radius 2 is 2.50 bits per heavy atom. The van der Waals surface area contributed by atoms with Gasteiger partial charge in [-0.05, 0) is 19.3 Å². The van der Waals surface area contributed by atoms with Crippen LogP contribution in [-0.4, -0.2) is 36.4 Å². The number of carbonyl (C=O) groups is 1. The summed E-state index contributed by atoms with van der Waals surface area (Å²) >= 11 is 0. The first-order valence-corrected chi connectivity index (χ1v) is 5.31. The molecule has 2 unspecified atom stereocenters. The number of ether oxygens (including phenoxy) is 1. The molecular formula is C10H19NO3. The zero-order valence-corrected chi connectivity index (χ0v) is 8.66. The van der Waals surface area contributed by atoms with Crippen LogP contribution in [0.2, 0.25) is 0 Å². The van der Waals surface area contributed by atoms with Crippen LogP contribution in [0, 0.1) is 0 Å². The zero-order chi connectivity index (χ0) is 10.4. The van der Waals surface area contributed by atoms with E-state index < -0.39 is 6.10 Å². The molecule has 0 radical (unpaired) electrons. The molecule has 1 saturated heterocycles. The van der Waals surface area contributed by atoms with E-state index in [0.29, 0.717) is 13.2 Å². The van der Waals surface area contributed by atoms with Gasteiger partial charge in [0.1, 0.15) is 6.10 Å². The van der Waals surface area contributed by atoms with Gasteiger partial charge in [0, 0.05) is 13.2 Å². The smallest absolute Gasteiger partial charge is 0.249 e. The van der Waals surface area contributed by atoms with E-state index >= 15 is 0 Å². The molecule has 82 valence electrons. The second-order valence-electron chi connectivity index (χ2n) is 3.69. The molecule has 14 heavy (non-hydrogen) atoms. The SMILES string of the molecule is CCCC(O)CNC(=O)C1CCCO1. The lowest BCUT2D eigenvalue weighted by Crippen LogP contribution is -2.38. The van der Waals surface area contributed by atoms with Crippen LogP contribution in [-0.2, 0) is 9.53 Å². The lowest BCUT2D eigenvalue weighted by atomic mass is 10.2. The Labute approximate surface area is 84.6 Å². The molecule has 0 spiro atoms. The van der Waals surface area contributed by atoms with Crippen molar-refractivity contribution in [1.29, 1.82) is 0 Å². The van der Waals surface area contributed by atoms with Gasteiger partial charge in [-0.25, -0.2) is 0 Å². The average Bonchev–Trinajstić information content (AvgIpc) is 2.67. The molecule has 4 nitrogen and oxygen atoms in total. The van der Waals surface area contributed by atoms with Crippen LogP contribution in [0.15, 0.2) is 0 Å². The largest absolute Gasteiger partial charge is 0.391 e. The summed E-state index contributed by atoms with van der Waals surface area (Å²) in [5, 5.41) is 12.1. The van der Waals surface area contributed by atoms with Crippen molar-refractivity contribution in [1.82, 2.24) is 5.32 Å². The van der Waals surface area contributed by atoms with E-state index in [1.54, 1.807) is 0 Å². The van der Waals surface area contributed by atoms with E-state index in [2.05, 4.69) is 5.32 Å². The average molecular weight is 201 g/mol. The fourth-order valence-corrected chi connectivity index (χ4v) is 1.55. The highest BCUT2D eigenvalue weighted by Gasteiger charge is 2.23. The van der Waals surface area contributed by atoms with Gasteiger partial charge in [-0.15, -0.1) is 0 Å². The molecule has 1 amide bonds. The molecule has 0 aliphatic carbocycles. The highest BCUT2D eigenvalue weighted by Crippen LogP contribution is 2.11. The quantitative estimate of drug-likeness (QED) is 0.678. The molecule has 1 heterocycles. The molecule has 1 rings (SSSR count). The molecular weight excluding hydrogens is 182 g/mol. The molecule has 1 fully saturated rings. The lowest BCUT2D eigenvalue weighted by Gasteiger charge is -2.13. The van der Waals surface area contributed by atoms with Gasteiger partial charge in [0.15, 0.2) is 0 Å². The summed E-state index contributed by atoms with van der Waals surface area (Å²) in [6.45, 7) is 3.02. The van der Waals surface area contributed by atoms with Crippen LogP contribution in [0.25, 0.3) is 0 Å². The summed E-state index contributed by atoms with van der Waals surface area (Å²) in [5.41, 5.74) is 0. The number of carbonyl (C=O) groups excluding carboxylic acids is 1. The molecule has 0 saturated carbocycles. The van der Waals surface area contributed by atoms with Crippen molar-refractivity contribution in [3.05, 3.63) is 0 Å². The Balaban J connectivity index is 2.13. The molecule has 0 aromatic heterocycles. The molecule has 1 aliphatic rings. The van der Waals surface area contributed by atoms with Crippen molar-refractivity contribution < 1.29 is 14.6 Å². The Morgan fingerprint density at radius 3 is 3.07 bits per heavy atom. The van der Waals surface area contributed by atoms with Gasteiger partial charge in [0.2, 0.25) is 5.91 Å². The van der Waals surface area contributed by atoms with Crippen LogP contribution in [0.5, 0.6) is 0 Å². The Morgan fingerprint density at radius 1 is 1.71 bits per heavy atom. The number of hydrogen-bond donors (Lipinski definition) is 2. The van der Waals surface area contributed by atoms with E-state index in [4.69, 9.17) is 4.74 Å². The number of aliphatic hydroxyl groups excluding tert-OH is 1. The maximum absolute atomic E-state index is 11.4. The number of amides is 1. The Kier molecular flexibility index (Phi) is 4.90. The van der Waals surface area contributed by atoms with E-state index in [9.17, 15) is 9.90 Å². The summed E-state index contributed by atoms with van der Waals surface area (Å²) in [5.74, 6) is -0.0855. The van der Waals surface area contributed by atoms with Gasteiger partial charge in [0.05, 0.1) is 6.10 Å². The van der Waals surface area contributed by atoms with Crippen molar-refractivity contribution in [2.45, 2.75) is 44.8 Å². The van der Waals surface area contributed by atoms with E-state index in [1.165, 1.54) is 0 Å². The maximum atomic E-state index is 11.4. The van der Waals surface area contributed by atoms with E-state index in [0.717, 1.165) is 25.7 Å². The Bertz CT molecular complexity index is 178. The van der Waals surface area contributed by atoms with Crippen LogP contribution in [0.3, 0.4) is 0 Å². The van der Waals surface area contributed by atoms with Gasteiger partial charge in [-0.2, -0.15) is 0 Å². The lowest BCUT2D eigenvalue weighted by molar-refractivity contribution is -0.130. The number of rotatable bonds is 5. The molecule has 1 aliphatic heterocycles. The normalized spacial score (nSPS) is 23.4. The third-order valence-electron chi connectivity index (χ3n) is 2.36. The highest BCUT2D eigenvalue weighted by molar-refractivity contribution is 5.80. The molecule has 0 bridgehead atoms. The van der Waals surface area contributed by atoms with Crippen LogP contribution < -0.4 is 5.32 Å². The van der Waals surface area contributed by atoms with Gasteiger partial charge in [-0.1, -0.05) is 13.3 Å². The maximum Gasteiger partial charge on any atom is 0.249 e. The van der Waals surface area contributed by atoms with Gasteiger partial charge >= 0.3 is 0 Å². The standard InChI is InChI=1S/C10H19NO3/c1-2-4-8(12)7-11-10(13)9-5-3-6-14-9/h8-9,12H,2-7H2,1H3,(H,11,13). The zero-order valence-electron chi connectivity index (χ0n) is 8.66. The fourth-order valence-electron chi connectivity index (χ4n) is 1.55. The predicted molar refractivity (Wildman–Crippen MR) is 52.9 cm³/mol. The molecule has 4 heteroatoms. The number of nitrogens with one attached hydrogen (secondary N) is 1. The first kappa shape index (κ1) is 11.5. The van der Waals surface area contributed by atoms with Crippen LogP contribution in [0.1, 0.15) is 32.6 Å². The molecule has 2 atom stereocenters. The minimum absolute atomic E-state index is 0.0855. The first-order valence-electron chi connectivity index (χ1n) is 5.31. The summed E-state index contributed by atoms with van der Waals surface area (Å²) in [7, 11) is 0. The van der Waals surface area contributed by atoms with Crippen molar-refractivity contribution >= 4 is 5.91 Å². The minimum atomic E-state index is -0.426. The third-order valence-corrected chi connectivity index (χ3v) is 2.36. The topological polar surface area (TPSA) is 58.6 Å². The Hall–Kier alpha value is -0.610. The second kappa shape index (κ2) is 5.98. The third kappa shape index (κ3) is 3.64. The summed E-state index contributed by atoms with van der Waals surface area (Å²) in [4.78, 5) is 11.4. The van der Waals surface area contributed by atoms with E-state index in [-0.39, 0.29) is 12.0 Å². The summed E-state index contributed by atoms with van der Waals surface area (Å²) in [6, 6.07) is 0. The molecule has 0 aromatic carbocycles. The van der Waals surface area contributed by atoms with E-state index in [1.807, 2.05) is 6.92 Å². The fraction of sp³-hybridized carbons (Fsp3) is 0.900. The highest BCUT2D eigenvalue weighted by atomic mass is 16.5. The summed E-state index contributed by atoms with van der Waals surface area (Å²) in [6.07, 6.45) is 2.70. The van der Waals surface area contributed by atoms with Gasteiger partial charge in [-0.3, -0.25) is 4.79 Å².